The van der Waals surface area contributed by atoms with Crippen LogP contribution in [-0.2, 0) is 0 Å². The molecule has 0 aliphatic heterocycles. The molecule has 0 spiro atoms. The molecule has 0 bridgehead atoms. The lowest BCUT2D eigenvalue weighted by Gasteiger charge is -2.30. The Morgan fingerprint density at radius 2 is 0.301 bits per heavy atom. The molecule has 0 N–H and O–H groups in total. The maximum absolute atomic E-state index is 2.51. The summed E-state index contributed by atoms with van der Waals surface area (Å²) in [4.78, 5) is 7.42. The molecule has 16 rings (SSSR count). The van der Waals surface area contributed by atoms with Crippen LogP contribution in [0.4, 0.5) is 51.2 Å². The molecule has 0 heterocycles. The zero-order valence-corrected chi connectivity index (χ0v) is 53.3. The van der Waals surface area contributed by atoms with Crippen molar-refractivity contribution in [3.05, 3.63) is 343 Å². The molecule has 93 heavy (non-hydrogen) atoms. The summed E-state index contributed by atoms with van der Waals surface area (Å²) in [5.74, 6) is 0. The van der Waals surface area contributed by atoms with Crippen molar-refractivity contribution in [1.29, 1.82) is 0 Å². The minimum absolute atomic E-state index is 1.10. The van der Waals surface area contributed by atoms with E-state index in [2.05, 4.69) is 366 Å². The largest absolute Gasteiger partial charge is 0.309 e. The Morgan fingerprint density at radius 3 is 0.452 bits per heavy atom. The number of fused-ring (bicyclic) bond motifs is 6. The fourth-order valence-corrected chi connectivity index (χ4v) is 14.4. The number of hydrogen-bond donors (Lipinski definition) is 0. The zero-order valence-electron chi connectivity index (χ0n) is 53.3. The van der Waals surface area contributed by atoms with Crippen LogP contribution in [0.1, 0.15) is 33.4 Å². The molecule has 0 aliphatic rings. The quantitative estimate of drug-likeness (QED) is 0.113. The molecule has 444 valence electrons. The predicted molar refractivity (Wildman–Crippen MR) is 400 cm³/mol. The van der Waals surface area contributed by atoms with Crippen molar-refractivity contribution in [2.45, 2.75) is 41.5 Å². The first kappa shape index (κ1) is 56.7. The SMILES string of the molecule is Cc1ccc(N(c2ccc(C)cc2)c2c3ccccc3c(-c3cc(-c4c5ccccc5c(N(c5ccc(C)cc5)c5ccc(C)cc5)c5ccccc45)cc(-c4c5ccccc5c(N(c5ccc(C)cc5)c5ccc(C)cc5)c5ccccc45)c3)c3ccccc23)cc1. The van der Waals surface area contributed by atoms with E-state index in [1.165, 1.54) is 115 Å². The summed E-state index contributed by atoms with van der Waals surface area (Å²) in [7, 11) is 0. The maximum atomic E-state index is 2.51. The summed E-state index contributed by atoms with van der Waals surface area (Å²) in [6.45, 7) is 13.0. The highest BCUT2D eigenvalue weighted by Gasteiger charge is 2.28. The third kappa shape index (κ3) is 10.0. The van der Waals surface area contributed by atoms with Crippen LogP contribution < -0.4 is 14.7 Å². The second kappa shape index (κ2) is 23.4. The molecule has 16 aromatic rings. The Bertz CT molecular complexity index is 4660. The first-order chi connectivity index (χ1) is 45.6. The second-order valence-electron chi connectivity index (χ2n) is 25.3. The Morgan fingerprint density at radius 1 is 0.161 bits per heavy atom. The van der Waals surface area contributed by atoms with Crippen molar-refractivity contribution in [3.63, 3.8) is 0 Å². The van der Waals surface area contributed by atoms with Crippen LogP contribution in [0.3, 0.4) is 0 Å². The number of aryl methyl sites for hydroxylation is 6. The lowest BCUT2D eigenvalue weighted by Crippen LogP contribution is -2.12. The first-order valence-corrected chi connectivity index (χ1v) is 32.4. The van der Waals surface area contributed by atoms with Crippen molar-refractivity contribution in [1.82, 2.24) is 0 Å². The number of nitrogens with zero attached hydrogens (tertiary/aromatic N) is 3. The lowest BCUT2D eigenvalue weighted by atomic mass is 9.83. The van der Waals surface area contributed by atoms with Gasteiger partial charge in [0.25, 0.3) is 0 Å². The van der Waals surface area contributed by atoms with Gasteiger partial charge in [0.2, 0.25) is 0 Å². The molecule has 3 nitrogen and oxygen atoms in total. The molecule has 0 atom stereocenters. The van der Waals surface area contributed by atoms with Gasteiger partial charge in [0.15, 0.2) is 0 Å². The van der Waals surface area contributed by atoms with Crippen LogP contribution in [0.2, 0.25) is 0 Å². The van der Waals surface area contributed by atoms with Crippen molar-refractivity contribution in [2.24, 2.45) is 0 Å². The van der Waals surface area contributed by atoms with E-state index in [-0.39, 0.29) is 0 Å². The summed E-state index contributed by atoms with van der Waals surface area (Å²) < 4.78 is 0. The van der Waals surface area contributed by atoms with E-state index in [1.54, 1.807) is 0 Å². The average molecular weight is 1190 g/mol. The summed E-state index contributed by atoms with van der Waals surface area (Å²) in [6, 6.07) is 116. The minimum atomic E-state index is 1.10. The Balaban J connectivity index is 1.04. The van der Waals surface area contributed by atoms with Crippen LogP contribution in [0.25, 0.3) is 98.0 Å². The van der Waals surface area contributed by atoms with Gasteiger partial charge >= 0.3 is 0 Å². The van der Waals surface area contributed by atoms with Gasteiger partial charge in [-0.15, -0.1) is 0 Å². The van der Waals surface area contributed by atoms with Gasteiger partial charge in [-0.05, 0) is 198 Å². The third-order valence-corrected chi connectivity index (χ3v) is 18.9. The summed E-state index contributed by atoms with van der Waals surface area (Å²) in [6.07, 6.45) is 0. The molecular weight excluding hydrogens is 1120 g/mol. The zero-order chi connectivity index (χ0) is 62.8. The number of benzene rings is 16. The van der Waals surface area contributed by atoms with Gasteiger partial charge in [-0.25, -0.2) is 0 Å². The van der Waals surface area contributed by atoms with Crippen LogP contribution in [0.5, 0.6) is 0 Å². The maximum Gasteiger partial charge on any atom is 0.0618 e. The minimum Gasteiger partial charge on any atom is -0.309 e. The van der Waals surface area contributed by atoms with E-state index in [4.69, 9.17) is 0 Å². The van der Waals surface area contributed by atoms with Crippen LogP contribution >= 0.6 is 0 Å². The molecule has 0 radical (unpaired) electrons. The van der Waals surface area contributed by atoms with Gasteiger partial charge in [-0.1, -0.05) is 252 Å². The molecule has 3 heteroatoms. The van der Waals surface area contributed by atoms with Crippen molar-refractivity contribution in [2.75, 3.05) is 14.7 Å². The van der Waals surface area contributed by atoms with Gasteiger partial charge in [0.1, 0.15) is 0 Å². The third-order valence-electron chi connectivity index (χ3n) is 18.9. The van der Waals surface area contributed by atoms with E-state index in [1.807, 2.05) is 0 Å². The highest BCUT2D eigenvalue weighted by Crippen LogP contribution is 2.54. The van der Waals surface area contributed by atoms with Crippen molar-refractivity contribution in [3.8, 4) is 33.4 Å². The van der Waals surface area contributed by atoms with E-state index in [0.29, 0.717) is 0 Å². The Hall–Kier alpha value is -11.5. The van der Waals surface area contributed by atoms with Crippen LogP contribution in [0.15, 0.2) is 309 Å². The van der Waals surface area contributed by atoms with Gasteiger partial charge < -0.3 is 14.7 Å². The predicted octanol–water partition coefficient (Wildman–Crippen LogP) is 25.9. The smallest absolute Gasteiger partial charge is 0.0618 e. The van der Waals surface area contributed by atoms with Crippen LogP contribution in [-0.4, -0.2) is 0 Å². The highest BCUT2D eigenvalue weighted by atomic mass is 15.2. The summed E-state index contributed by atoms with van der Waals surface area (Å²) in [5.41, 5.74) is 24.4. The first-order valence-electron chi connectivity index (χ1n) is 32.4. The van der Waals surface area contributed by atoms with Gasteiger partial charge in [0.05, 0.1) is 17.1 Å². The van der Waals surface area contributed by atoms with Gasteiger partial charge in [-0.3, -0.25) is 0 Å². The molecule has 0 aromatic heterocycles. The van der Waals surface area contributed by atoms with E-state index < -0.39 is 0 Å². The number of hydrogen-bond acceptors (Lipinski definition) is 3. The molecule has 0 unspecified atom stereocenters. The molecule has 0 fully saturated rings. The standard InChI is InChI=1S/C90H69N3/c1-58-31-43-67(44-32-58)91(68-45-33-59(2)34-46-68)88-79-25-13-7-19-73(79)85(74-20-8-14-26-80(74)88)64-55-65(86-75-21-9-15-27-81(75)89(82-28-16-10-22-76(82)86)92(69-47-35-60(3)36-48-69)70-49-37-61(4)38-50-70)57-66(56-64)87-77-23-11-17-29-83(77)90(84-30-18-12-24-78(84)87)93(71-51-39-62(5)40-52-71)72-53-41-63(6)42-54-72/h7-57H,1-6H3. The molecule has 0 saturated heterocycles. The summed E-state index contributed by atoms with van der Waals surface area (Å²) in [5, 5.41) is 14.0. The average Bonchev–Trinajstić information content (AvgIpc) is 0.764. The summed E-state index contributed by atoms with van der Waals surface area (Å²) >= 11 is 0. The Labute approximate surface area is 545 Å². The Kier molecular flexibility index (Phi) is 14.2. The van der Waals surface area contributed by atoms with Gasteiger partial charge in [-0.2, -0.15) is 0 Å². The normalized spacial score (nSPS) is 11.5. The van der Waals surface area contributed by atoms with Crippen molar-refractivity contribution < 1.29 is 0 Å². The monoisotopic (exact) mass is 1190 g/mol. The lowest BCUT2D eigenvalue weighted by molar-refractivity contribution is 1.29. The molecular formula is C90H69N3. The number of rotatable bonds is 12. The van der Waals surface area contributed by atoms with E-state index in [0.717, 1.165) is 67.9 Å². The molecule has 0 saturated carbocycles. The fourth-order valence-electron chi connectivity index (χ4n) is 14.4. The fraction of sp³-hybridized carbons (Fsp3) is 0.0667. The molecule has 0 aliphatic carbocycles. The van der Waals surface area contributed by atoms with E-state index >= 15 is 0 Å². The van der Waals surface area contributed by atoms with Crippen molar-refractivity contribution >= 4 is 116 Å². The van der Waals surface area contributed by atoms with Gasteiger partial charge in [0, 0.05) is 66.4 Å². The number of anilines is 9. The topological polar surface area (TPSA) is 9.72 Å². The second-order valence-corrected chi connectivity index (χ2v) is 25.3. The van der Waals surface area contributed by atoms with E-state index in [9.17, 15) is 0 Å². The van der Waals surface area contributed by atoms with Crippen LogP contribution in [0, 0.1) is 41.5 Å². The highest BCUT2D eigenvalue weighted by molar-refractivity contribution is 6.27. The molecule has 0 amide bonds. The molecule has 16 aromatic carbocycles.